The van der Waals surface area contributed by atoms with Crippen LogP contribution in [0.15, 0.2) is 40.9 Å². The summed E-state index contributed by atoms with van der Waals surface area (Å²) < 4.78 is 1.15. The van der Waals surface area contributed by atoms with E-state index in [4.69, 9.17) is 0 Å². The number of unbranched alkanes of at least 4 members (excludes halogenated alkanes) is 2. The molecule has 0 saturated carbocycles. The normalized spacial score (nSPS) is 12.8. The molecule has 0 fully saturated rings. The molecule has 2 aromatic rings. The Kier molecular flexibility index (Phi) is 4.82. The van der Waals surface area contributed by atoms with Gasteiger partial charge >= 0.3 is 0 Å². The number of halogens is 1. The SMILES string of the molecule is CCCCCC(C)c1ccc2cc(Br)ccc2c1. The molecule has 0 heterocycles. The van der Waals surface area contributed by atoms with E-state index in [9.17, 15) is 0 Å². The minimum absolute atomic E-state index is 0.671. The van der Waals surface area contributed by atoms with E-state index in [0.29, 0.717) is 5.92 Å². The van der Waals surface area contributed by atoms with E-state index in [0.717, 1.165) is 4.47 Å². The molecule has 2 aromatic carbocycles. The van der Waals surface area contributed by atoms with Crippen LogP contribution in [0.3, 0.4) is 0 Å². The fourth-order valence-electron chi connectivity index (χ4n) is 2.41. The van der Waals surface area contributed by atoms with Crippen LogP contribution in [0.25, 0.3) is 10.8 Å². The summed E-state index contributed by atoms with van der Waals surface area (Å²) in [5.41, 5.74) is 1.47. The molecule has 1 unspecified atom stereocenters. The van der Waals surface area contributed by atoms with Gasteiger partial charge in [-0.05, 0) is 40.8 Å². The maximum absolute atomic E-state index is 3.52. The molecule has 96 valence electrons. The summed E-state index contributed by atoms with van der Waals surface area (Å²) in [6.07, 6.45) is 5.30. The van der Waals surface area contributed by atoms with Crippen molar-refractivity contribution in [3.8, 4) is 0 Å². The largest absolute Gasteiger partial charge is 0.0654 e. The van der Waals surface area contributed by atoms with Gasteiger partial charge in [0.15, 0.2) is 0 Å². The standard InChI is InChI=1S/C17H21Br/c1-3-4-5-6-13(2)14-7-8-16-12-17(18)10-9-15(16)11-14/h7-13H,3-6H2,1-2H3. The van der Waals surface area contributed by atoms with Crippen molar-refractivity contribution in [1.29, 1.82) is 0 Å². The van der Waals surface area contributed by atoms with E-state index >= 15 is 0 Å². The van der Waals surface area contributed by atoms with Gasteiger partial charge in [0, 0.05) is 4.47 Å². The lowest BCUT2D eigenvalue weighted by atomic mass is 9.93. The van der Waals surface area contributed by atoms with E-state index < -0.39 is 0 Å². The van der Waals surface area contributed by atoms with Crippen LogP contribution in [-0.4, -0.2) is 0 Å². The zero-order valence-electron chi connectivity index (χ0n) is 11.2. The lowest BCUT2D eigenvalue weighted by molar-refractivity contribution is 0.598. The molecule has 0 aliphatic carbocycles. The topological polar surface area (TPSA) is 0 Å². The first-order valence-corrected chi connectivity index (χ1v) is 7.69. The van der Waals surface area contributed by atoms with Gasteiger partial charge in [0.1, 0.15) is 0 Å². The zero-order valence-corrected chi connectivity index (χ0v) is 12.8. The Bertz CT molecular complexity index is 516. The van der Waals surface area contributed by atoms with Crippen LogP contribution in [0.5, 0.6) is 0 Å². The van der Waals surface area contributed by atoms with E-state index in [2.05, 4.69) is 66.2 Å². The molecule has 0 saturated heterocycles. The molecular formula is C17H21Br. The Morgan fingerprint density at radius 2 is 1.72 bits per heavy atom. The highest BCUT2D eigenvalue weighted by atomic mass is 79.9. The number of benzene rings is 2. The van der Waals surface area contributed by atoms with Gasteiger partial charge in [0.25, 0.3) is 0 Å². The predicted molar refractivity (Wildman–Crippen MR) is 84.2 cm³/mol. The quantitative estimate of drug-likeness (QED) is 0.570. The third-order valence-corrected chi connectivity index (χ3v) is 4.13. The Morgan fingerprint density at radius 3 is 2.50 bits per heavy atom. The van der Waals surface area contributed by atoms with Crippen molar-refractivity contribution in [1.82, 2.24) is 0 Å². The van der Waals surface area contributed by atoms with Crippen LogP contribution in [0.2, 0.25) is 0 Å². The van der Waals surface area contributed by atoms with Gasteiger partial charge in [-0.1, -0.05) is 73.3 Å². The highest BCUT2D eigenvalue weighted by molar-refractivity contribution is 9.10. The molecule has 0 N–H and O–H groups in total. The van der Waals surface area contributed by atoms with Crippen LogP contribution in [0, 0.1) is 0 Å². The second-order valence-electron chi connectivity index (χ2n) is 5.15. The molecule has 0 aromatic heterocycles. The highest BCUT2D eigenvalue weighted by Gasteiger charge is 2.06. The molecule has 0 spiro atoms. The minimum Gasteiger partial charge on any atom is -0.0654 e. The van der Waals surface area contributed by atoms with Gasteiger partial charge in [-0.25, -0.2) is 0 Å². The average molecular weight is 305 g/mol. The van der Waals surface area contributed by atoms with Gasteiger partial charge in [-0.2, -0.15) is 0 Å². The van der Waals surface area contributed by atoms with Gasteiger partial charge in [0.05, 0.1) is 0 Å². The van der Waals surface area contributed by atoms with Crippen molar-refractivity contribution in [3.63, 3.8) is 0 Å². The fourth-order valence-corrected chi connectivity index (χ4v) is 2.79. The predicted octanol–water partition coefficient (Wildman–Crippen LogP) is 6.29. The van der Waals surface area contributed by atoms with E-state index in [1.54, 1.807) is 0 Å². The zero-order chi connectivity index (χ0) is 13.0. The number of hydrogen-bond donors (Lipinski definition) is 0. The Labute approximate surface area is 119 Å². The summed E-state index contributed by atoms with van der Waals surface area (Å²) in [6.45, 7) is 4.61. The van der Waals surface area contributed by atoms with Gasteiger partial charge in [0.2, 0.25) is 0 Å². The van der Waals surface area contributed by atoms with E-state index in [1.165, 1.54) is 42.0 Å². The molecule has 0 aliphatic rings. The number of fused-ring (bicyclic) bond motifs is 1. The summed E-state index contributed by atoms with van der Waals surface area (Å²) in [7, 11) is 0. The first kappa shape index (κ1) is 13.6. The van der Waals surface area contributed by atoms with Crippen molar-refractivity contribution in [2.45, 2.75) is 45.4 Å². The first-order chi connectivity index (χ1) is 8.70. The van der Waals surface area contributed by atoms with Crippen molar-refractivity contribution in [2.75, 3.05) is 0 Å². The molecule has 0 bridgehead atoms. The summed E-state index contributed by atoms with van der Waals surface area (Å²) in [5, 5.41) is 2.66. The van der Waals surface area contributed by atoms with Crippen molar-refractivity contribution < 1.29 is 0 Å². The summed E-state index contributed by atoms with van der Waals surface area (Å²) in [6, 6.07) is 13.4. The monoisotopic (exact) mass is 304 g/mol. The summed E-state index contributed by atoms with van der Waals surface area (Å²) >= 11 is 3.52. The first-order valence-electron chi connectivity index (χ1n) is 6.90. The molecule has 0 amide bonds. The Morgan fingerprint density at radius 1 is 1.00 bits per heavy atom. The fraction of sp³-hybridized carbons (Fsp3) is 0.412. The van der Waals surface area contributed by atoms with Crippen molar-refractivity contribution in [3.05, 3.63) is 46.4 Å². The average Bonchev–Trinajstić information content (AvgIpc) is 2.38. The molecule has 0 aliphatic heterocycles. The van der Waals surface area contributed by atoms with Crippen LogP contribution >= 0.6 is 15.9 Å². The number of hydrogen-bond acceptors (Lipinski definition) is 0. The molecule has 1 heteroatoms. The maximum Gasteiger partial charge on any atom is 0.0181 e. The van der Waals surface area contributed by atoms with E-state index in [-0.39, 0.29) is 0 Å². The molecule has 18 heavy (non-hydrogen) atoms. The number of rotatable bonds is 5. The van der Waals surface area contributed by atoms with Crippen LogP contribution in [-0.2, 0) is 0 Å². The lowest BCUT2D eigenvalue weighted by Gasteiger charge is -2.12. The van der Waals surface area contributed by atoms with Crippen molar-refractivity contribution in [2.24, 2.45) is 0 Å². The smallest absolute Gasteiger partial charge is 0.0181 e. The molecular weight excluding hydrogens is 284 g/mol. The highest BCUT2D eigenvalue weighted by Crippen LogP contribution is 2.27. The summed E-state index contributed by atoms with van der Waals surface area (Å²) in [5.74, 6) is 0.671. The Hall–Kier alpha value is -0.820. The van der Waals surface area contributed by atoms with Crippen LogP contribution in [0.1, 0.15) is 51.0 Å². The Balaban J connectivity index is 2.16. The van der Waals surface area contributed by atoms with Crippen molar-refractivity contribution >= 4 is 26.7 Å². The minimum atomic E-state index is 0.671. The molecule has 0 radical (unpaired) electrons. The second-order valence-corrected chi connectivity index (χ2v) is 6.06. The summed E-state index contributed by atoms with van der Waals surface area (Å²) in [4.78, 5) is 0. The third-order valence-electron chi connectivity index (χ3n) is 3.64. The van der Waals surface area contributed by atoms with Gasteiger partial charge in [-0.15, -0.1) is 0 Å². The maximum atomic E-state index is 3.52. The van der Waals surface area contributed by atoms with Gasteiger partial charge < -0.3 is 0 Å². The second kappa shape index (κ2) is 6.38. The van der Waals surface area contributed by atoms with Crippen LogP contribution in [0.4, 0.5) is 0 Å². The lowest BCUT2D eigenvalue weighted by Crippen LogP contribution is -1.93. The van der Waals surface area contributed by atoms with Gasteiger partial charge in [-0.3, -0.25) is 0 Å². The van der Waals surface area contributed by atoms with Crippen LogP contribution < -0.4 is 0 Å². The molecule has 0 nitrogen and oxygen atoms in total. The van der Waals surface area contributed by atoms with E-state index in [1.807, 2.05) is 0 Å². The third kappa shape index (κ3) is 3.35. The molecule has 2 rings (SSSR count). The molecule has 1 atom stereocenters.